The quantitative estimate of drug-likeness (QED) is 0.234. The van der Waals surface area contributed by atoms with E-state index in [1.54, 1.807) is 7.11 Å². The van der Waals surface area contributed by atoms with Gasteiger partial charge in [-0.3, -0.25) is 4.79 Å². The van der Waals surface area contributed by atoms with Crippen LogP contribution in [0.25, 0.3) is 16.9 Å². The number of hydrogen-bond acceptors (Lipinski definition) is 6. The van der Waals surface area contributed by atoms with Crippen LogP contribution >= 0.6 is 0 Å². The van der Waals surface area contributed by atoms with Crippen molar-refractivity contribution in [3.05, 3.63) is 90.1 Å². The van der Waals surface area contributed by atoms with Crippen LogP contribution in [0.1, 0.15) is 43.2 Å². The van der Waals surface area contributed by atoms with E-state index in [1.807, 2.05) is 82.6 Å². The first kappa shape index (κ1) is 27.4. The topological polar surface area (TPSA) is 92.7 Å². The molecule has 8 nitrogen and oxygen atoms in total. The summed E-state index contributed by atoms with van der Waals surface area (Å²) in [6, 6.07) is 24.3. The molecule has 0 N–H and O–H groups in total. The number of hydrogen-bond donors (Lipinski definition) is 0. The molecule has 1 amide bonds. The Labute approximate surface area is 254 Å². The van der Waals surface area contributed by atoms with Crippen molar-refractivity contribution in [2.45, 2.75) is 50.2 Å². The van der Waals surface area contributed by atoms with E-state index < -0.39 is 5.41 Å². The molecule has 2 aliphatic heterocycles. The Morgan fingerprint density at radius 1 is 1.07 bits per heavy atom. The van der Waals surface area contributed by atoms with Gasteiger partial charge in [0.05, 0.1) is 42.3 Å². The molecule has 4 aromatic rings. The number of aromatic nitrogens is 2. The number of ether oxygens (including phenoxy) is 2. The van der Waals surface area contributed by atoms with Crippen molar-refractivity contribution in [3.63, 3.8) is 0 Å². The number of amides is 1. The summed E-state index contributed by atoms with van der Waals surface area (Å²) < 4.78 is 18.3. The molecule has 1 spiro atoms. The summed E-state index contributed by atoms with van der Waals surface area (Å²) in [6.45, 7) is 0.463. The van der Waals surface area contributed by atoms with E-state index in [0.717, 1.165) is 88.9 Å². The SMILES string of the molecule is COc1ccc(CN2C(=O)C3(CCC3)c3cc(-c4ccnn4-c4ccccc4)cc(OC4CCS(=NC#N)CC4)c32)cc1. The monoisotopic (exact) mass is 591 g/mol. The Balaban J connectivity index is 1.34. The van der Waals surface area contributed by atoms with Gasteiger partial charge in [0.15, 0.2) is 0 Å². The molecule has 9 heteroatoms. The first-order valence-electron chi connectivity index (χ1n) is 14.8. The summed E-state index contributed by atoms with van der Waals surface area (Å²) in [7, 11) is 1.43. The van der Waals surface area contributed by atoms with E-state index in [1.165, 1.54) is 0 Å². The smallest absolute Gasteiger partial charge is 0.238 e. The lowest BCUT2D eigenvalue weighted by Crippen LogP contribution is -2.44. The average molecular weight is 592 g/mol. The third kappa shape index (κ3) is 4.90. The zero-order valence-electron chi connectivity index (χ0n) is 24.1. The van der Waals surface area contributed by atoms with Gasteiger partial charge in [-0.2, -0.15) is 14.7 Å². The molecule has 0 atom stereocenters. The number of fused-ring (bicyclic) bond motifs is 2. The molecule has 3 heterocycles. The van der Waals surface area contributed by atoms with Crippen molar-refractivity contribution in [3.8, 4) is 34.6 Å². The molecule has 1 aromatic heterocycles. The molecule has 1 aliphatic carbocycles. The predicted octanol–water partition coefficient (Wildman–Crippen LogP) is 6.34. The number of methoxy groups -OCH3 is 1. The molecule has 0 unspecified atom stereocenters. The average Bonchev–Trinajstić information content (AvgIpc) is 3.60. The van der Waals surface area contributed by atoms with Gasteiger partial charge < -0.3 is 14.4 Å². The summed E-state index contributed by atoms with van der Waals surface area (Å²) in [6.07, 6.45) is 8.13. The van der Waals surface area contributed by atoms with E-state index in [9.17, 15) is 4.79 Å². The van der Waals surface area contributed by atoms with Crippen molar-refractivity contribution in [2.75, 3.05) is 23.5 Å². The number of carbonyl (C=O) groups is 1. The lowest BCUT2D eigenvalue weighted by Gasteiger charge is -2.37. The Bertz CT molecular complexity index is 1730. The molecule has 3 aliphatic rings. The Morgan fingerprint density at radius 3 is 2.51 bits per heavy atom. The fourth-order valence-electron chi connectivity index (χ4n) is 6.57. The summed E-state index contributed by atoms with van der Waals surface area (Å²) in [5, 5.41) is 13.7. The third-order valence-electron chi connectivity index (χ3n) is 8.98. The summed E-state index contributed by atoms with van der Waals surface area (Å²) >= 11 is 0. The van der Waals surface area contributed by atoms with Crippen LogP contribution in [0.3, 0.4) is 0 Å². The molecule has 7 rings (SSSR count). The maximum absolute atomic E-state index is 14.3. The van der Waals surface area contributed by atoms with E-state index >= 15 is 0 Å². The molecular formula is C34H33N5O3S. The van der Waals surface area contributed by atoms with Crippen molar-refractivity contribution in [2.24, 2.45) is 4.36 Å². The lowest BCUT2D eigenvalue weighted by molar-refractivity contribution is -0.126. The Morgan fingerprint density at radius 2 is 1.84 bits per heavy atom. The molecule has 0 radical (unpaired) electrons. The molecular weight excluding hydrogens is 558 g/mol. The van der Waals surface area contributed by atoms with Gasteiger partial charge in [-0.05, 0) is 79.3 Å². The van der Waals surface area contributed by atoms with Crippen molar-refractivity contribution >= 4 is 22.3 Å². The number of nitrogens with zero attached hydrogens (tertiary/aromatic N) is 5. The standard InChI is InChI=1S/C34H33N5O3S/c1-41-27-10-8-24(9-11-27)22-38-32-29(34(33(38)40)15-5-16-34)20-25(30-12-17-36-39(30)26-6-3-2-4-7-26)21-31(32)42-28-13-18-43(19-14-28)37-23-35/h2-4,6-12,17,20-21,28H,5,13-16,18-19,22H2,1H3. The second kappa shape index (κ2) is 11.3. The predicted molar refractivity (Wildman–Crippen MR) is 168 cm³/mol. The van der Waals surface area contributed by atoms with Gasteiger partial charge in [0.2, 0.25) is 12.1 Å². The Hall–Kier alpha value is -4.42. The molecule has 0 bridgehead atoms. The van der Waals surface area contributed by atoms with Crippen LogP contribution in [0.5, 0.6) is 11.5 Å². The summed E-state index contributed by atoms with van der Waals surface area (Å²) in [5.74, 6) is 3.37. The zero-order valence-corrected chi connectivity index (χ0v) is 24.9. The highest BCUT2D eigenvalue weighted by Gasteiger charge is 2.55. The number of carbonyl (C=O) groups excluding carboxylic acids is 1. The number of anilines is 1. The van der Waals surface area contributed by atoms with Gasteiger partial charge in [0, 0.05) is 17.1 Å². The minimum Gasteiger partial charge on any atom is -0.497 e. The zero-order chi connectivity index (χ0) is 29.4. The first-order valence-corrected chi connectivity index (χ1v) is 16.3. The van der Waals surface area contributed by atoms with E-state index in [4.69, 9.17) is 14.7 Å². The molecule has 3 aromatic carbocycles. The highest BCUT2D eigenvalue weighted by molar-refractivity contribution is 7.87. The normalized spacial score (nSPS) is 20.3. The van der Waals surface area contributed by atoms with Crippen molar-refractivity contribution in [1.29, 1.82) is 5.26 Å². The fourth-order valence-corrected chi connectivity index (χ4v) is 8.14. The number of benzene rings is 3. The van der Waals surface area contributed by atoms with Crippen LogP contribution in [0, 0.1) is 11.5 Å². The number of para-hydroxylation sites is 1. The van der Waals surface area contributed by atoms with Gasteiger partial charge >= 0.3 is 0 Å². The second-order valence-electron chi connectivity index (χ2n) is 11.4. The van der Waals surface area contributed by atoms with E-state index in [2.05, 4.69) is 21.6 Å². The molecule has 43 heavy (non-hydrogen) atoms. The number of nitriles is 1. The van der Waals surface area contributed by atoms with Crippen LogP contribution in [0.2, 0.25) is 0 Å². The molecule has 1 saturated carbocycles. The van der Waals surface area contributed by atoms with E-state index in [-0.39, 0.29) is 22.7 Å². The fraction of sp³-hybridized carbons (Fsp3) is 0.324. The minimum absolute atomic E-state index is 0.00749. The van der Waals surface area contributed by atoms with Gasteiger partial charge in [-0.15, -0.1) is 0 Å². The van der Waals surface area contributed by atoms with Gasteiger partial charge in [-0.1, -0.05) is 47.4 Å². The van der Waals surface area contributed by atoms with Gasteiger partial charge in [0.25, 0.3) is 0 Å². The molecule has 1 saturated heterocycles. The summed E-state index contributed by atoms with van der Waals surface area (Å²) in [5.41, 5.74) is 5.36. The van der Waals surface area contributed by atoms with Gasteiger partial charge in [-0.25, -0.2) is 4.68 Å². The largest absolute Gasteiger partial charge is 0.497 e. The first-order chi connectivity index (χ1) is 21.1. The lowest BCUT2D eigenvalue weighted by atomic mass is 9.65. The van der Waals surface area contributed by atoms with Crippen LogP contribution in [0.4, 0.5) is 5.69 Å². The van der Waals surface area contributed by atoms with Gasteiger partial charge in [0.1, 0.15) is 17.6 Å². The van der Waals surface area contributed by atoms with Crippen LogP contribution < -0.4 is 14.4 Å². The van der Waals surface area contributed by atoms with Crippen LogP contribution in [-0.4, -0.2) is 40.4 Å². The third-order valence-corrected chi connectivity index (χ3v) is 10.7. The van der Waals surface area contributed by atoms with Crippen LogP contribution in [-0.2, 0) is 27.4 Å². The highest BCUT2D eigenvalue weighted by Crippen LogP contribution is 2.57. The molecule has 218 valence electrons. The maximum Gasteiger partial charge on any atom is 0.238 e. The number of rotatable bonds is 7. The van der Waals surface area contributed by atoms with Crippen LogP contribution in [0.15, 0.2) is 83.4 Å². The second-order valence-corrected chi connectivity index (χ2v) is 13.3. The van der Waals surface area contributed by atoms with Crippen molar-refractivity contribution in [1.82, 2.24) is 9.78 Å². The highest BCUT2D eigenvalue weighted by atomic mass is 32.2. The van der Waals surface area contributed by atoms with Crippen molar-refractivity contribution < 1.29 is 14.3 Å². The Kier molecular flexibility index (Phi) is 7.23. The molecule has 2 fully saturated rings. The minimum atomic E-state index is -0.530. The summed E-state index contributed by atoms with van der Waals surface area (Å²) in [4.78, 5) is 16.3. The van der Waals surface area contributed by atoms with E-state index in [0.29, 0.717) is 6.54 Å². The maximum atomic E-state index is 14.3.